The Morgan fingerprint density at radius 1 is 1.08 bits per heavy atom. The van der Waals surface area contributed by atoms with Gasteiger partial charge in [-0.05, 0) is 49.7 Å². The van der Waals surface area contributed by atoms with Crippen molar-refractivity contribution in [2.75, 3.05) is 13.2 Å². The Kier molecular flexibility index (Phi) is 12.0. The van der Waals surface area contributed by atoms with Crippen LogP contribution >= 0.6 is 0 Å². The van der Waals surface area contributed by atoms with Crippen molar-refractivity contribution in [2.45, 2.75) is 78.7 Å². The predicted molar refractivity (Wildman–Crippen MR) is 149 cm³/mol. The maximum Gasteiger partial charge on any atom is 0.330 e. The lowest BCUT2D eigenvalue weighted by Crippen LogP contribution is -2.43. The Morgan fingerprint density at radius 2 is 1.69 bits per heavy atom. The molecule has 0 saturated heterocycles. The Labute approximate surface area is 218 Å². The second-order valence-corrected chi connectivity index (χ2v) is 16.0. The van der Waals surface area contributed by atoms with Crippen LogP contribution in [-0.4, -0.2) is 50.7 Å². The van der Waals surface area contributed by atoms with Crippen molar-refractivity contribution in [1.29, 1.82) is 0 Å². The predicted octanol–water partition coefficient (Wildman–Crippen LogP) is 5.82. The summed E-state index contributed by atoms with van der Waals surface area (Å²) in [5.74, 6) is -0.852. The Bertz CT molecular complexity index is 942. The number of hydrogen-bond acceptors (Lipinski definition) is 5. The van der Waals surface area contributed by atoms with E-state index in [1.165, 1.54) is 6.08 Å². The smallest absolute Gasteiger partial charge is 0.330 e. The number of nitrogens with one attached hydrogen (secondary N) is 1. The molecule has 1 aromatic rings. The van der Waals surface area contributed by atoms with Crippen LogP contribution in [-0.2, 0) is 14.0 Å². The number of ether oxygens (including phenoxy) is 1. The number of amides is 1. The van der Waals surface area contributed by atoms with E-state index in [1.807, 2.05) is 12.1 Å². The highest BCUT2D eigenvalue weighted by atomic mass is 28.4. The zero-order valence-electron chi connectivity index (χ0n) is 23.4. The van der Waals surface area contributed by atoms with Crippen molar-refractivity contribution in [1.82, 2.24) is 5.32 Å². The van der Waals surface area contributed by atoms with Crippen molar-refractivity contribution in [3.8, 4) is 0 Å². The van der Waals surface area contributed by atoms with Gasteiger partial charge < -0.3 is 19.6 Å². The van der Waals surface area contributed by atoms with E-state index in [9.17, 15) is 14.7 Å². The fourth-order valence-corrected chi connectivity index (χ4v) is 4.09. The van der Waals surface area contributed by atoms with Crippen molar-refractivity contribution >= 4 is 20.2 Å². The molecule has 2 N–H and O–H groups in total. The molecule has 7 heteroatoms. The lowest BCUT2D eigenvalue weighted by Gasteiger charge is -2.38. The summed E-state index contributed by atoms with van der Waals surface area (Å²) in [5, 5.41) is 13.9. The molecule has 0 aromatic heterocycles. The third-order valence-electron chi connectivity index (χ3n) is 6.36. The zero-order valence-corrected chi connectivity index (χ0v) is 24.4. The third-order valence-corrected chi connectivity index (χ3v) is 10.8. The van der Waals surface area contributed by atoms with Crippen molar-refractivity contribution in [3.05, 3.63) is 71.8 Å². The molecule has 6 nitrogen and oxygen atoms in total. The van der Waals surface area contributed by atoms with E-state index in [0.717, 1.165) is 0 Å². The summed E-state index contributed by atoms with van der Waals surface area (Å²) in [6.07, 6.45) is 7.61. The monoisotopic (exact) mass is 515 g/mol. The molecule has 2 atom stereocenters. The maximum absolute atomic E-state index is 12.8. The number of allylic oxidation sites excluding steroid dienone is 2. The van der Waals surface area contributed by atoms with Crippen LogP contribution in [0.2, 0.25) is 18.1 Å². The first kappa shape index (κ1) is 31.5. The van der Waals surface area contributed by atoms with Crippen LogP contribution in [0.4, 0.5) is 0 Å². The molecule has 0 bridgehead atoms. The molecule has 0 saturated carbocycles. The lowest BCUT2D eigenvalue weighted by molar-refractivity contribution is -0.137. The number of aliphatic hydroxyl groups is 1. The molecule has 0 aliphatic rings. The molecule has 36 heavy (non-hydrogen) atoms. The van der Waals surface area contributed by atoms with Crippen LogP contribution in [0.5, 0.6) is 0 Å². The molecule has 0 spiro atoms. The highest BCUT2D eigenvalue weighted by molar-refractivity contribution is 6.74. The SMILES string of the molecule is CCOC(=O)/C=C(\C)[C@@H](O)[C@H](/C=C\C=C\C(C)(C)CO[Si](C)(C)C(C)(C)C)NC(=O)c1ccccc1. The largest absolute Gasteiger partial charge is 0.463 e. The minimum absolute atomic E-state index is 0.141. The van der Waals surface area contributed by atoms with Crippen LogP contribution < -0.4 is 5.32 Å². The summed E-state index contributed by atoms with van der Waals surface area (Å²) in [6.45, 7) is 19.6. The molecule has 1 amide bonds. The molecule has 0 fully saturated rings. The molecule has 0 aliphatic carbocycles. The van der Waals surface area contributed by atoms with E-state index in [1.54, 1.807) is 50.3 Å². The van der Waals surface area contributed by atoms with Gasteiger partial charge in [0.25, 0.3) is 5.91 Å². The van der Waals surface area contributed by atoms with E-state index < -0.39 is 26.4 Å². The maximum atomic E-state index is 12.8. The number of benzene rings is 1. The molecule has 0 unspecified atom stereocenters. The lowest BCUT2D eigenvalue weighted by atomic mass is 9.94. The number of esters is 1. The summed E-state index contributed by atoms with van der Waals surface area (Å²) in [4.78, 5) is 24.6. The Balaban J connectivity index is 3.03. The third kappa shape index (κ3) is 10.6. The highest BCUT2D eigenvalue weighted by Crippen LogP contribution is 2.37. The first-order valence-corrected chi connectivity index (χ1v) is 15.4. The fourth-order valence-electron chi connectivity index (χ4n) is 2.93. The van der Waals surface area contributed by atoms with Crippen LogP contribution in [0.15, 0.2) is 66.3 Å². The van der Waals surface area contributed by atoms with Crippen LogP contribution in [0, 0.1) is 5.41 Å². The number of aliphatic hydroxyl groups excluding tert-OH is 1. The van der Waals surface area contributed by atoms with Gasteiger partial charge >= 0.3 is 5.97 Å². The first-order chi connectivity index (χ1) is 16.6. The topological polar surface area (TPSA) is 84.9 Å². The molecule has 1 rings (SSSR count). The normalized spacial score (nSPS) is 15.2. The molecule has 0 heterocycles. The molecule has 200 valence electrons. The highest BCUT2D eigenvalue weighted by Gasteiger charge is 2.38. The van der Waals surface area contributed by atoms with Gasteiger partial charge in [-0.15, -0.1) is 0 Å². The molecule has 0 aliphatic heterocycles. The van der Waals surface area contributed by atoms with Gasteiger partial charge in [0.1, 0.15) is 0 Å². The Hall–Kier alpha value is -2.48. The molecular weight excluding hydrogens is 470 g/mol. The summed E-state index contributed by atoms with van der Waals surface area (Å²) in [6, 6.07) is 8.04. The first-order valence-electron chi connectivity index (χ1n) is 12.5. The van der Waals surface area contributed by atoms with E-state index in [-0.39, 0.29) is 23.0 Å². The average molecular weight is 516 g/mol. The van der Waals surface area contributed by atoms with Crippen LogP contribution in [0.1, 0.15) is 58.8 Å². The van der Waals surface area contributed by atoms with Crippen molar-refractivity contribution in [3.63, 3.8) is 0 Å². The van der Waals surface area contributed by atoms with Gasteiger partial charge in [-0.3, -0.25) is 4.79 Å². The van der Waals surface area contributed by atoms with Gasteiger partial charge in [0.15, 0.2) is 8.32 Å². The zero-order chi connectivity index (χ0) is 27.6. The molecule has 1 aromatic carbocycles. The van der Waals surface area contributed by atoms with Crippen LogP contribution in [0.25, 0.3) is 0 Å². The summed E-state index contributed by atoms with van der Waals surface area (Å²) >= 11 is 0. The van der Waals surface area contributed by atoms with E-state index in [2.05, 4.69) is 59.1 Å². The molecule has 0 radical (unpaired) electrons. The minimum atomic E-state index is -1.85. The van der Waals surface area contributed by atoms with Gasteiger partial charge in [-0.1, -0.05) is 77.1 Å². The fraction of sp³-hybridized carbons (Fsp3) is 0.517. The van der Waals surface area contributed by atoms with E-state index in [0.29, 0.717) is 17.7 Å². The number of carbonyl (C=O) groups excluding carboxylic acids is 2. The summed E-state index contributed by atoms with van der Waals surface area (Å²) in [7, 11) is -1.85. The standard InChI is InChI=1S/C29H45NO5Si/c1-10-34-25(31)20-22(2)26(32)24(30-27(33)23-16-12-11-13-17-23)18-14-15-19-29(6,7)21-35-36(8,9)28(3,4)5/h11-20,24,26,32H,10,21H2,1-9H3,(H,30,33)/b18-14-,19-15+,22-20+/t24-,26+/m0/s1. The van der Waals surface area contributed by atoms with Gasteiger partial charge in [-0.25, -0.2) is 4.79 Å². The second kappa shape index (κ2) is 13.7. The van der Waals surface area contributed by atoms with E-state index >= 15 is 0 Å². The molecular formula is C29H45NO5Si. The number of hydrogen-bond donors (Lipinski definition) is 2. The van der Waals surface area contributed by atoms with Crippen LogP contribution in [0.3, 0.4) is 0 Å². The number of carbonyl (C=O) groups is 2. The van der Waals surface area contributed by atoms with Crippen molar-refractivity contribution in [2.24, 2.45) is 5.41 Å². The second-order valence-electron chi connectivity index (χ2n) is 11.2. The minimum Gasteiger partial charge on any atom is -0.463 e. The van der Waals surface area contributed by atoms with Gasteiger partial charge in [-0.2, -0.15) is 0 Å². The van der Waals surface area contributed by atoms with Gasteiger partial charge in [0, 0.05) is 23.7 Å². The number of rotatable bonds is 12. The quantitative estimate of drug-likeness (QED) is 0.159. The van der Waals surface area contributed by atoms with E-state index in [4.69, 9.17) is 9.16 Å². The summed E-state index contributed by atoms with van der Waals surface area (Å²) < 4.78 is 11.3. The van der Waals surface area contributed by atoms with Gasteiger partial charge in [0.2, 0.25) is 0 Å². The Morgan fingerprint density at radius 3 is 2.25 bits per heavy atom. The summed E-state index contributed by atoms with van der Waals surface area (Å²) in [5.41, 5.74) is 0.680. The van der Waals surface area contributed by atoms with Gasteiger partial charge in [0.05, 0.1) is 18.8 Å². The average Bonchev–Trinajstić information content (AvgIpc) is 2.79. The van der Waals surface area contributed by atoms with Crippen molar-refractivity contribution < 1.29 is 23.9 Å².